The Balaban J connectivity index is 2.23. The smallest absolute Gasteiger partial charge is 0.00954 e. The molecule has 1 aliphatic carbocycles. The van der Waals surface area contributed by atoms with Gasteiger partial charge in [0.2, 0.25) is 0 Å². The van der Waals surface area contributed by atoms with Crippen LogP contribution >= 0.6 is 0 Å². The maximum atomic E-state index is 3.76. The molecule has 0 saturated heterocycles. The molecule has 0 amide bonds. The highest BCUT2D eigenvalue weighted by molar-refractivity contribution is 4.85. The lowest BCUT2D eigenvalue weighted by Gasteiger charge is -2.38. The highest BCUT2D eigenvalue weighted by Gasteiger charge is 2.30. The lowest BCUT2D eigenvalue weighted by Crippen LogP contribution is -2.41. The van der Waals surface area contributed by atoms with Crippen LogP contribution in [0.1, 0.15) is 98.3 Å². The molecule has 1 saturated carbocycles. The van der Waals surface area contributed by atoms with Gasteiger partial charge in [-0.15, -0.1) is 0 Å². The Labute approximate surface area is 134 Å². The van der Waals surface area contributed by atoms with Crippen LogP contribution in [0.15, 0.2) is 0 Å². The van der Waals surface area contributed by atoms with E-state index in [1.165, 1.54) is 70.6 Å². The predicted molar refractivity (Wildman–Crippen MR) is 95.7 cm³/mol. The van der Waals surface area contributed by atoms with Gasteiger partial charge in [0.25, 0.3) is 0 Å². The molecule has 0 spiro atoms. The monoisotopic (exact) mass is 295 g/mol. The van der Waals surface area contributed by atoms with E-state index < -0.39 is 0 Å². The molecule has 0 aromatic carbocycles. The second-order valence-electron chi connectivity index (χ2n) is 7.65. The van der Waals surface area contributed by atoms with Crippen molar-refractivity contribution in [3.63, 3.8) is 0 Å². The van der Waals surface area contributed by atoms with E-state index in [4.69, 9.17) is 0 Å². The van der Waals surface area contributed by atoms with Crippen LogP contribution in [0.25, 0.3) is 0 Å². The Morgan fingerprint density at radius 3 is 2.19 bits per heavy atom. The van der Waals surface area contributed by atoms with Gasteiger partial charge in [0.15, 0.2) is 0 Å². The zero-order chi connectivity index (χ0) is 15.5. The molecule has 0 radical (unpaired) electrons. The fourth-order valence-electron chi connectivity index (χ4n) is 4.12. The Morgan fingerprint density at radius 1 is 0.905 bits per heavy atom. The molecule has 0 aromatic heterocycles. The highest BCUT2D eigenvalue weighted by atomic mass is 14.9. The van der Waals surface area contributed by atoms with Crippen molar-refractivity contribution in [3.05, 3.63) is 0 Å². The van der Waals surface area contributed by atoms with Crippen LogP contribution in [0, 0.1) is 17.8 Å². The predicted octanol–water partition coefficient (Wildman–Crippen LogP) is 6.18. The summed E-state index contributed by atoms with van der Waals surface area (Å²) in [6.07, 6.45) is 15.9. The van der Waals surface area contributed by atoms with E-state index in [-0.39, 0.29) is 0 Å². The first-order valence-electron chi connectivity index (χ1n) is 9.92. The van der Waals surface area contributed by atoms with Crippen molar-refractivity contribution in [3.8, 4) is 0 Å². The summed E-state index contributed by atoms with van der Waals surface area (Å²) in [5.74, 6) is 2.81. The third-order valence-corrected chi connectivity index (χ3v) is 5.61. The van der Waals surface area contributed by atoms with E-state index in [2.05, 4.69) is 33.0 Å². The topological polar surface area (TPSA) is 12.0 Å². The second kappa shape index (κ2) is 11.5. The number of rotatable bonds is 11. The van der Waals surface area contributed by atoms with Crippen molar-refractivity contribution in [1.29, 1.82) is 0 Å². The Bertz CT molecular complexity index is 236. The molecular formula is C20H41N. The van der Waals surface area contributed by atoms with Gasteiger partial charge >= 0.3 is 0 Å². The first-order chi connectivity index (χ1) is 10.2. The summed E-state index contributed by atoms with van der Waals surface area (Å²) >= 11 is 0. The lowest BCUT2D eigenvalue weighted by molar-refractivity contribution is 0.159. The molecule has 0 bridgehead atoms. The Morgan fingerprint density at radius 2 is 1.57 bits per heavy atom. The fourth-order valence-corrected chi connectivity index (χ4v) is 4.12. The zero-order valence-corrected chi connectivity index (χ0v) is 15.3. The van der Waals surface area contributed by atoms with Crippen molar-refractivity contribution < 1.29 is 0 Å². The highest BCUT2D eigenvalue weighted by Crippen LogP contribution is 2.36. The van der Waals surface area contributed by atoms with Crippen molar-refractivity contribution in [2.45, 2.75) is 104 Å². The normalized spacial score (nSPS) is 26.4. The Hall–Kier alpha value is -0.0400. The molecule has 3 unspecified atom stereocenters. The molecule has 1 nitrogen and oxygen atoms in total. The molecule has 0 aromatic rings. The van der Waals surface area contributed by atoms with E-state index in [0.29, 0.717) is 0 Å². The van der Waals surface area contributed by atoms with Crippen LogP contribution in [-0.2, 0) is 0 Å². The van der Waals surface area contributed by atoms with Gasteiger partial charge in [-0.2, -0.15) is 0 Å². The largest absolute Gasteiger partial charge is 0.314 e. The summed E-state index contributed by atoms with van der Waals surface area (Å²) in [6, 6.07) is 0.810. The lowest BCUT2D eigenvalue weighted by atomic mass is 9.72. The fraction of sp³-hybridized carbons (Fsp3) is 1.00. The van der Waals surface area contributed by atoms with Gasteiger partial charge in [0.1, 0.15) is 0 Å². The van der Waals surface area contributed by atoms with Crippen molar-refractivity contribution in [1.82, 2.24) is 5.32 Å². The molecule has 1 fully saturated rings. The van der Waals surface area contributed by atoms with Gasteiger partial charge in [-0.3, -0.25) is 0 Å². The Kier molecular flexibility index (Phi) is 10.4. The molecule has 126 valence electrons. The molecule has 3 atom stereocenters. The summed E-state index contributed by atoms with van der Waals surface area (Å²) < 4.78 is 0. The molecule has 1 aliphatic rings. The van der Waals surface area contributed by atoms with Gasteiger partial charge in [-0.25, -0.2) is 0 Å². The number of nitrogens with one attached hydrogen (secondary N) is 1. The minimum absolute atomic E-state index is 0.810. The summed E-state index contributed by atoms with van der Waals surface area (Å²) in [7, 11) is 0. The molecule has 1 rings (SSSR count). The van der Waals surface area contributed by atoms with Crippen LogP contribution in [-0.4, -0.2) is 12.6 Å². The number of unbranched alkanes of at least 4 members (excludes halogenated alkanes) is 6. The average Bonchev–Trinajstić information content (AvgIpc) is 2.47. The van der Waals surface area contributed by atoms with Crippen LogP contribution in [0.3, 0.4) is 0 Å². The average molecular weight is 296 g/mol. The van der Waals surface area contributed by atoms with Gasteiger partial charge in [-0.1, -0.05) is 72.6 Å². The summed E-state index contributed by atoms with van der Waals surface area (Å²) in [4.78, 5) is 0. The summed E-state index contributed by atoms with van der Waals surface area (Å²) in [5.41, 5.74) is 0. The summed E-state index contributed by atoms with van der Waals surface area (Å²) in [6.45, 7) is 10.5. The van der Waals surface area contributed by atoms with Gasteiger partial charge in [0, 0.05) is 6.04 Å². The molecule has 0 aliphatic heterocycles. The minimum atomic E-state index is 0.810. The van der Waals surface area contributed by atoms with Crippen LogP contribution in [0.4, 0.5) is 0 Å². The molecule has 1 N–H and O–H groups in total. The summed E-state index contributed by atoms with van der Waals surface area (Å²) in [5, 5.41) is 3.76. The number of hydrogen-bond donors (Lipinski definition) is 1. The van der Waals surface area contributed by atoms with Crippen LogP contribution in [0.5, 0.6) is 0 Å². The third-order valence-electron chi connectivity index (χ3n) is 5.61. The SMILES string of the molecule is CCCCCCCCCC1CC(C(C)C)CCC1NCC. The minimum Gasteiger partial charge on any atom is -0.314 e. The quantitative estimate of drug-likeness (QED) is 0.449. The third kappa shape index (κ3) is 7.68. The molecule has 1 heteroatoms. The maximum Gasteiger partial charge on any atom is 0.00954 e. The van der Waals surface area contributed by atoms with E-state index in [9.17, 15) is 0 Å². The van der Waals surface area contributed by atoms with Crippen molar-refractivity contribution in [2.24, 2.45) is 17.8 Å². The second-order valence-corrected chi connectivity index (χ2v) is 7.65. The first kappa shape index (κ1) is 19.0. The van der Waals surface area contributed by atoms with Crippen LogP contribution < -0.4 is 5.32 Å². The van der Waals surface area contributed by atoms with Crippen LogP contribution in [0.2, 0.25) is 0 Å². The van der Waals surface area contributed by atoms with E-state index in [1.54, 1.807) is 0 Å². The van der Waals surface area contributed by atoms with Gasteiger partial charge in [-0.05, 0) is 50.0 Å². The standard InChI is InChI=1S/C20H41N/c1-5-7-8-9-10-11-12-13-19-16-18(17(3)4)14-15-20(19)21-6-2/h17-21H,5-16H2,1-4H3. The number of hydrogen-bond acceptors (Lipinski definition) is 1. The zero-order valence-electron chi connectivity index (χ0n) is 15.3. The van der Waals surface area contributed by atoms with E-state index >= 15 is 0 Å². The van der Waals surface area contributed by atoms with Crippen molar-refractivity contribution >= 4 is 0 Å². The molecule has 0 heterocycles. The van der Waals surface area contributed by atoms with Gasteiger partial charge in [0.05, 0.1) is 0 Å². The van der Waals surface area contributed by atoms with E-state index in [1.807, 2.05) is 0 Å². The van der Waals surface area contributed by atoms with Crippen molar-refractivity contribution in [2.75, 3.05) is 6.54 Å². The maximum absolute atomic E-state index is 3.76. The first-order valence-corrected chi connectivity index (χ1v) is 9.92. The van der Waals surface area contributed by atoms with E-state index in [0.717, 1.165) is 30.3 Å². The van der Waals surface area contributed by atoms with Gasteiger partial charge < -0.3 is 5.32 Å². The molecule has 21 heavy (non-hydrogen) atoms. The molecular weight excluding hydrogens is 254 g/mol.